The standard InChI is InChI=1S/C33H47B2N7O4/c34-26-19-22(20-27(35)30(26)36)21-29(31(43)40-17-15-39(16-18-40)24-5-10-37-11-6-24)46-33(45)41-12-8-25(9-13-41)42-14-7-23-3-1-2-4-28(23)38-32(42)44/h1-4,19-20,24-25,29,37H,5-18,21,34-36H2,(H,38,44)/t29-/m1/s1. The molecule has 3 fully saturated rings. The highest BCUT2D eigenvalue weighted by Gasteiger charge is 2.36. The van der Waals surface area contributed by atoms with Gasteiger partial charge >= 0.3 is 12.1 Å². The molecule has 1 atom stereocenters. The average Bonchev–Trinajstić information content (AvgIpc) is 3.25. The molecule has 2 aromatic rings. The number of rotatable bonds is 6. The predicted octanol–water partition coefficient (Wildman–Crippen LogP) is -0.716. The van der Waals surface area contributed by atoms with E-state index in [9.17, 15) is 14.4 Å². The maximum Gasteiger partial charge on any atom is 0.410 e. The Bertz CT molecular complexity index is 1400. The summed E-state index contributed by atoms with van der Waals surface area (Å²) in [4.78, 5) is 48.6. The molecule has 0 saturated carbocycles. The first-order valence-corrected chi connectivity index (χ1v) is 17.0. The minimum Gasteiger partial charge on any atom is -0.436 e. The van der Waals surface area contributed by atoms with Crippen LogP contribution in [0.15, 0.2) is 36.4 Å². The summed E-state index contributed by atoms with van der Waals surface area (Å²) in [5.41, 5.74) is 11.8. The molecule has 0 spiro atoms. The first-order valence-electron chi connectivity index (χ1n) is 17.0. The van der Waals surface area contributed by atoms with Gasteiger partial charge in [-0.15, -0.1) is 0 Å². The molecule has 4 aliphatic rings. The Kier molecular flexibility index (Phi) is 10.1. The molecule has 3 saturated heterocycles. The molecule has 4 aliphatic heterocycles. The van der Waals surface area contributed by atoms with Gasteiger partial charge in [-0.1, -0.05) is 41.3 Å². The van der Waals surface area contributed by atoms with Gasteiger partial charge in [0.1, 0.15) is 15.7 Å². The molecule has 4 N–H and O–H groups in total. The van der Waals surface area contributed by atoms with E-state index in [0.29, 0.717) is 58.0 Å². The minimum absolute atomic E-state index is 0.0350. The molecule has 0 aromatic heterocycles. The Morgan fingerprint density at radius 2 is 1.57 bits per heavy atom. The molecule has 0 unspecified atom stereocenters. The Balaban J connectivity index is 1.09. The number of piperidine rings is 2. The zero-order chi connectivity index (χ0) is 32.2. The summed E-state index contributed by atoms with van der Waals surface area (Å²) in [6, 6.07) is 12.4. The van der Waals surface area contributed by atoms with Gasteiger partial charge in [-0.25, -0.2) is 9.59 Å². The van der Waals surface area contributed by atoms with Gasteiger partial charge in [0, 0.05) is 75.7 Å². The molecule has 2 aromatic carbocycles. The van der Waals surface area contributed by atoms with E-state index in [4.69, 9.17) is 10.5 Å². The second-order valence-corrected chi connectivity index (χ2v) is 13.3. The summed E-state index contributed by atoms with van der Waals surface area (Å²) < 4.78 is 6.08. The number of carbonyl (C=O) groups excluding carboxylic acids is 3. The number of nitrogens with one attached hydrogen (secondary N) is 2. The fourth-order valence-electron chi connectivity index (χ4n) is 7.55. The highest BCUT2D eigenvalue weighted by atomic mass is 16.6. The van der Waals surface area contributed by atoms with Crippen molar-refractivity contribution in [2.75, 3.05) is 70.0 Å². The van der Waals surface area contributed by atoms with Crippen LogP contribution >= 0.6 is 0 Å². The maximum absolute atomic E-state index is 14.0. The zero-order valence-corrected chi connectivity index (χ0v) is 27.3. The Hall–Kier alpha value is -3.70. The molecule has 46 heavy (non-hydrogen) atoms. The fraction of sp³-hybridized carbons (Fsp3) is 0.545. The minimum atomic E-state index is -0.923. The molecule has 4 amide bonds. The van der Waals surface area contributed by atoms with Crippen LogP contribution in [0, 0.1) is 0 Å². The zero-order valence-electron chi connectivity index (χ0n) is 27.3. The van der Waals surface area contributed by atoms with E-state index in [1.165, 1.54) is 0 Å². The molecule has 244 valence electrons. The van der Waals surface area contributed by atoms with Crippen LogP contribution < -0.4 is 27.3 Å². The Labute approximate surface area is 274 Å². The van der Waals surface area contributed by atoms with Gasteiger partial charge in [-0.3, -0.25) is 9.69 Å². The number of nitrogen functional groups attached to an aromatic ring is 1. The molecule has 13 heteroatoms. The summed E-state index contributed by atoms with van der Waals surface area (Å²) in [6.07, 6.45) is 3.28. The van der Waals surface area contributed by atoms with Crippen molar-refractivity contribution >= 4 is 56.0 Å². The first-order chi connectivity index (χ1) is 22.3. The van der Waals surface area contributed by atoms with Crippen molar-refractivity contribution < 1.29 is 19.1 Å². The van der Waals surface area contributed by atoms with Gasteiger partial charge in [0.25, 0.3) is 5.91 Å². The van der Waals surface area contributed by atoms with Gasteiger partial charge in [0.15, 0.2) is 6.10 Å². The lowest BCUT2D eigenvalue weighted by Gasteiger charge is -2.41. The van der Waals surface area contributed by atoms with Gasteiger partial charge in [-0.2, -0.15) is 0 Å². The van der Waals surface area contributed by atoms with Crippen LogP contribution in [0.25, 0.3) is 0 Å². The van der Waals surface area contributed by atoms with Gasteiger partial charge in [0.05, 0.1) is 0 Å². The lowest BCUT2D eigenvalue weighted by Crippen LogP contribution is -2.56. The van der Waals surface area contributed by atoms with Crippen molar-refractivity contribution in [3.63, 3.8) is 0 Å². The molecule has 6 rings (SSSR count). The van der Waals surface area contributed by atoms with Crippen molar-refractivity contribution in [1.82, 2.24) is 24.9 Å². The van der Waals surface area contributed by atoms with E-state index in [2.05, 4.69) is 21.6 Å². The number of benzene rings is 2. The third kappa shape index (κ3) is 7.31. The number of ether oxygens (including phenoxy) is 1. The molecule has 0 radical (unpaired) electrons. The Morgan fingerprint density at radius 3 is 2.26 bits per heavy atom. The van der Waals surface area contributed by atoms with E-state index >= 15 is 0 Å². The molecular formula is C33H47B2N7O4. The van der Waals surface area contributed by atoms with Crippen LogP contribution in [-0.4, -0.2) is 130 Å². The molecular weight excluding hydrogens is 580 g/mol. The van der Waals surface area contributed by atoms with E-state index < -0.39 is 12.2 Å². The number of hydrogen-bond donors (Lipinski definition) is 3. The number of nitrogens with zero attached hydrogens (tertiary/aromatic N) is 4. The number of amides is 4. The maximum atomic E-state index is 14.0. The number of fused-ring (bicyclic) bond motifs is 1. The van der Waals surface area contributed by atoms with Crippen LogP contribution in [0.2, 0.25) is 0 Å². The molecule has 0 aliphatic carbocycles. The smallest absolute Gasteiger partial charge is 0.410 e. The van der Waals surface area contributed by atoms with Crippen LogP contribution in [-0.2, 0) is 22.4 Å². The van der Waals surface area contributed by atoms with Crippen molar-refractivity contribution in [2.24, 2.45) is 0 Å². The van der Waals surface area contributed by atoms with E-state index in [1.807, 2.05) is 55.8 Å². The van der Waals surface area contributed by atoms with Crippen LogP contribution in [0.3, 0.4) is 0 Å². The van der Waals surface area contributed by atoms with Crippen molar-refractivity contribution in [2.45, 2.75) is 56.7 Å². The SMILES string of the molecule is Bc1cc(C[C@@H](OC(=O)N2CCC(N3CCc4ccccc4NC3=O)CC2)C(=O)N2CCN(C3CCNCC3)CC2)cc(B)c1N. The second-order valence-electron chi connectivity index (χ2n) is 13.3. The van der Waals surface area contributed by atoms with E-state index in [1.54, 1.807) is 4.90 Å². The monoisotopic (exact) mass is 627 g/mol. The van der Waals surface area contributed by atoms with Crippen molar-refractivity contribution in [3.8, 4) is 0 Å². The number of anilines is 2. The number of hydrogen-bond acceptors (Lipinski definition) is 7. The van der Waals surface area contributed by atoms with Crippen molar-refractivity contribution in [3.05, 3.63) is 47.5 Å². The number of carbonyl (C=O) groups is 3. The topological polar surface area (TPSA) is 123 Å². The quantitative estimate of drug-likeness (QED) is 0.286. The molecule has 0 bridgehead atoms. The Morgan fingerprint density at radius 1 is 0.891 bits per heavy atom. The highest BCUT2D eigenvalue weighted by molar-refractivity contribution is 6.43. The average molecular weight is 627 g/mol. The summed E-state index contributed by atoms with van der Waals surface area (Å²) in [5, 5.41) is 6.49. The summed E-state index contributed by atoms with van der Waals surface area (Å²) in [6.45, 7) is 6.58. The first kappa shape index (κ1) is 32.2. The number of urea groups is 1. The van der Waals surface area contributed by atoms with Gasteiger partial charge < -0.3 is 35.8 Å². The van der Waals surface area contributed by atoms with E-state index in [-0.39, 0.29) is 18.0 Å². The van der Waals surface area contributed by atoms with Crippen molar-refractivity contribution in [1.29, 1.82) is 0 Å². The number of para-hydroxylation sites is 1. The second kappa shape index (κ2) is 14.4. The highest BCUT2D eigenvalue weighted by Crippen LogP contribution is 2.25. The van der Waals surface area contributed by atoms with Crippen LogP contribution in [0.4, 0.5) is 21.0 Å². The largest absolute Gasteiger partial charge is 0.436 e. The van der Waals surface area contributed by atoms with Gasteiger partial charge in [0.2, 0.25) is 0 Å². The van der Waals surface area contributed by atoms with Crippen LogP contribution in [0.5, 0.6) is 0 Å². The van der Waals surface area contributed by atoms with Crippen LogP contribution in [0.1, 0.15) is 36.8 Å². The number of nitrogens with two attached hydrogens (primary N) is 1. The fourth-order valence-corrected chi connectivity index (χ4v) is 7.55. The summed E-state index contributed by atoms with van der Waals surface area (Å²) in [7, 11) is 3.92. The predicted molar refractivity (Wildman–Crippen MR) is 186 cm³/mol. The number of piperazine rings is 1. The third-order valence-corrected chi connectivity index (χ3v) is 10.3. The lowest BCUT2D eigenvalue weighted by atomic mass is 9.82. The molecule has 11 nitrogen and oxygen atoms in total. The van der Waals surface area contributed by atoms with E-state index in [0.717, 1.165) is 78.9 Å². The third-order valence-electron chi connectivity index (χ3n) is 10.3. The number of likely N-dealkylation sites (tertiary alicyclic amines) is 1. The summed E-state index contributed by atoms with van der Waals surface area (Å²) in [5.74, 6) is -0.138. The normalized spacial score (nSPS) is 20.9. The summed E-state index contributed by atoms with van der Waals surface area (Å²) >= 11 is 0. The lowest BCUT2D eigenvalue weighted by molar-refractivity contribution is -0.143. The van der Waals surface area contributed by atoms with Gasteiger partial charge in [-0.05, 0) is 62.4 Å². The molecule has 4 heterocycles.